The van der Waals surface area contributed by atoms with Crippen LogP contribution in [-0.2, 0) is 14.3 Å². The van der Waals surface area contributed by atoms with Gasteiger partial charge in [-0.25, -0.2) is 4.98 Å². The monoisotopic (exact) mass is 474 g/mol. The van der Waals surface area contributed by atoms with Gasteiger partial charge in [-0.3, -0.25) is 19.8 Å². The van der Waals surface area contributed by atoms with E-state index in [0.717, 1.165) is 10.2 Å². The van der Waals surface area contributed by atoms with Gasteiger partial charge in [-0.2, -0.15) is 0 Å². The Labute approximate surface area is 196 Å². The van der Waals surface area contributed by atoms with Crippen molar-refractivity contribution >= 4 is 45.1 Å². The van der Waals surface area contributed by atoms with Crippen LogP contribution in [0.3, 0.4) is 0 Å². The van der Waals surface area contributed by atoms with E-state index in [1.165, 1.54) is 23.2 Å². The first-order valence-corrected chi connectivity index (χ1v) is 11.7. The molecular weight excluding hydrogens is 444 g/mol. The van der Waals surface area contributed by atoms with Crippen molar-refractivity contribution in [2.45, 2.75) is 44.4 Å². The van der Waals surface area contributed by atoms with E-state index in [4.69, 9.17) is 10.1 Å². The molecular formula is C22H30N6O4S. The third-order valence-corrected chi connectivity index (χ3v) is 6.71. The molecule has 178 valence electrons. The summed E-state index contributed by atoms with van der Waals surface area (Å²) in [5, 5.41) is 16.4. The molecule has 3 atom stereocenters. The van der Waals surface area contributed by atoms with Crippen molar-refractivity contribution in [1.29, 1.82) is 5.41 Å². The average molecular weight is 475 g/mol. The summed E-state index contributed by atoms with van der Waals surface area (Å²) in [4.78, 5) is 44.5. The van der Waals surface area contributed by atoms with Crippen molar-refractivity contribution in [3.05, 3.63) is 29.3 Å². The third kappa shape index (κ3) is 6.05. The number of rotatable bonds is 9. The van der Waals surface area contributed by atoms with Crippen LogP contribution < -0.4 is 16.0 Å². The molecule has 1 aliphatic heterocycles. The number of hydrogen-bond donors (Lipinski definition) is 4. The topological polar surface area (TPSA) is 137 Å². The van der Waals surface area contributed by atoms with E-state index in [9.17, 15) is 14.4 Å². The number of benzene rings is 1. The molecule has 1 saturated heterocycles. The number of ketones is 1. The number of hydrogen-bond acceptors (Lipinski definition) is 7. The second-order valence-corrected chi connectivity index (χ2v) is 8.92. The van der Waals surface area contributed by atoms with Crippen LogP contribution >= 0.6 is 11.3 Å². The van der Waals surface area contributed by atoms with E-state index in [2.05, 4.69) is 20.9 Å². The fourth-order valence-corrected chi connectivity index (χ4v) is 4.80. The summed E-state index contributed by atoms with van der Waals surface area (Å²) in [6.07, 6.45) is 1.07. The number of thiazole rings is 1. The molecule has 0 saturated carbocycles. The lowest BCUT2D eigenvalue weighted by atomic mass is 10.1. The second-order valence-electron chi connectivity index (χ2n) is 7.89. The summed E-state index contributed by atoms with van der Waals surface area (Å²) < 4.78 is 6.26. The molecule has 11 heteroatoms. The molecule has 1 aromatic heterocycles. The smallest absolute Gasteiger partial charge is 0.243 e. The molecule has 33 heavy (non-hydrogen) atoms. The van der Waals surface area contributed by atoms with Crippen LogP contribution in [0, 0.1) is 5.41 Å². The largest absolute Gasteiger partial charge is 0.380 e. The number of amides is 2. The summed E-state index contributed by atoms with van der Waals surface area (Å²) >= 11 is 1.29. The number of nitrogens with one attached hydrogen (secondary N) is 4. The Balaban J connectivity index is 1.75. The molecule has 2 aromatic rings. The van der Waals surface area contributed by atoms with Crippen LogP contribution in [0.2, 0.25) is 0 Å². The quantitative estimate of drug-likeness (QED) is 0.185. The van der Waals surface area contributed by atoms with E-state index in [-0.39, 0.29) is 29.7 Å². The summed E-state index contributed by atoms with van der Waals surface area (Å²) in [6, 6.07) is 6.02. The molecule has 2 heterocycles. The van der Waals surface area contributed by atoms with Crippen molar-refractivity contribution in [3.8, 4) is 0 Å². The first kappa shape index (κ1) is 24.6. The molecule has 10 nitrogen and oxygen atoms in total. The Kier molecular flexibility index (Phi) is 8.34. The molecule has 0 aliphatic carbocycles. The van der Waals surface area contributed by atoms with Gasteiger partial charge in [-0.15, -0.1) is 11.3 Å². The van der Waals surface area contributed by atoms with E-state index < -0.39 is 12.1 Å². The van der Waals surface area contributed by atoms with Crippen LogP contribution in [0.5, 0.6) is 0 Å². The minimum atomic E-state index is -0.793. The fraction of sp³-hybridized carbons (Fsp3) is 0.500. The number of carbonyl (C=O) groups excluding carboxylic acids is 3. The predicted octanol–water partition coefficient (Wildman–Crippen LogP) is 1.12. The minimum absolute atomic E-state index is 0.182. The summed E-state index contributed by atoms with van der Waals surface area (Å²) in [5.41, 5.74) is 0.738. The van der Waals surface area contributed by atoms with Gasteiger partial charge >= 0.3 is 0 Å². The SMILES string of the molecule is CNC(=N)NCCC[C@H](NC(=O)[C@@H]1C[C@@H](OC)CN1C(C)=O)C(=O)c1nc2ccccc2s1. The van der Waals surface area contributed by atoms with Crippen LogP contribution in [0.1, 0.15) is 36.0 Å². The van der Waals surface area contributed by atoms with Crippen molar-refractivity contribution in [2.24, 2.45) is 0 Å². The number of para-hydroxylation sites is 1. The van der Waals surface area contributed by atoms with Gasteiger partial charge in [0.25, 0.3) is 0 Å². The van der Waals surface area contributed by atoms with E-state index in [0.29, 0.717) is 37.4 Å². The first-order chi connectivity index (χ1) is 15.8. The molecule has 1 fully saturated rings. The van der Waals surface area contributed by atoms with Gasteiger partial charge in [0.2, 0.25) is 17.6 Å². The number of nitrogens with zero attached hydrogens (tertiary/aromatic N) is 2. The van der Waals surface area contributed by atoms with E-state index in [1.807, 2.05) is 24.3 Å². The van der Waals surface area contributed by atoms with Gasteiger partial charge in [0, 0.05) is 40.6 Å². The van der Waals surface area contributed by atoms with Crippen LogP contribution in [0.25, 0.3) is 10.2 Å². The number of likely N-dealkylation sites (tertiary alicyclic amines) is 1. The summed E-state index contributed by atoms with van der Waals surface area (Å²) in [7, 11) is 3.20. The van der Waals surface area contributed by atoms with Gasteiger partial charge < -0.3 is 25.6 Å². The lowest BCUT2D eigenvalue weighted by molar-refractivity contribution is -0.137. The number of aromatic nitrogens is 1. The zero-order chi connectivity index (χ0) is 24.0. The van der Waals surface area contributed by atoms with Gasteiger partial charge in [0.1, 0.15) is 6.04 Å². The van der Waals surface area contributed by atoms with Crippen molar-refractivity contribution in [1.82, 2.24) is 25.8 Å². The average Bonchev–Trinajstić information content (AvgIpc) is 3.44. The highest BCUT2D eigenvalue weighted by Crippen LogP contribution is 2.24. The molecule has 0 bridgehead atoms. The van der Waals surface area contributed by atoms with Gasteiger partial charge in [0.05, 0.1) is 22.4 Å². The second kappa shape index (κ2) is 11.2. The molecule has 2 amide bonds. The number of ether oxygens (including phenoxy) is 1. The number of carbonyl (C=O) groups is 3. The van der Waals surface area contributed by atoms with Crippen LogP contribution in [0.4, 0.5) is 0 Å². The van der Waals surface area contributed by atoms with Crippen molar-refractivity contribution < 1.29 is 19.1 Å². The fourth-order valence-electron chi connectivity index (χ4n) is 3.84. The van der Waals surface area contributed by atoms with Crippen LogP contribution in [-0.4, -0.2) is 78.9 Å². The Morgan fingerprint density at radius 1 is 1.33 bits per heavy atom. The molecule has 0 spiro atoms. The molecule has 4 N–H and O–H groups in total. The molecule has 0 radical (unpaired) electrons. The molecule has 1 aromatic carbocycles. The maximum absolute atomic E-state index is 13.3. The zero-order valence-electron chi connectivity index (χ0n) is 19.0. The normalized spacial score (nSPS) is 18.7. The van der Waals surface area contributed by atoms with Crippen LogP contribution in [0.15, 0.2) is 24.3 Å². The highest BCUT2D eigenvalue weighted by Gasteiger charge is 2.39. The highest BCUT2D eigenvalue weighted by atomic mass is 32.1. The van der Waals surface area contributed by atoms with Gasteiger partial charge in [-0.05, 0) is 25.0 Å². The number of Topliss-reactive ketones (excluding diaryl/α,β-unsaturated/α-hetero) is 1. The Morgan fingerprint density at radius 2 is 2.09 bits per heavy atom. The number of guanidine groups is 1. The number of methoxy groups -OCH3 is 1. The van der Waals surface area contributed by atoms with Crippen molar-refractivity contribution in [2.75, 3.05) is 27.2 Å². The molecule has 1 aliphatic rings. The van der Waals surface area contributed by atoms with E-state index >= 15 is 0 Å². The third-order valence-electron chi connectivity index (χ3n) is 5.66. The molecule has 0 unspecified atom stereocenters. The summed E-state index contributed by atoms with van der Waals surface area (Å²) in [5.74, 6) is -0.663. The Hall–Kier alpha value is -3.05. The first-order valence-electron chi connectivity index (χ1n) is 10.8. The predicted molar refractivity (Wildman–Crippen MR) is 126 cm³/mol. The summed E-state index contributed by atoms with van der Waals surface area (Å²) in [6.45, 7) is 2.23. The lowest BCUT2D eigenvalue weighted by Gasteiger charge is -2.25. The lowest BCUT2D eigenvalue weighted by Crippen LogP contribution is -2.50. The maximum Gasteiger partial charge on any atom is 0.243 e. The molecule has 3 rings (SSSR count). The Morgan fingerprint density at radius 3 is 2.76 bits per heavy atom. The minimum Gasteiger partial charge on any atom is -0.380 e. The number of fused-ring (bicyclic) bond motifs is 1. The Bertz CT molecular complexity index is 992. The standard InChI is InChI=1S/C22H30N6O4S/c1-13(29)28-12-14(32-3)11-17(28)20(31)26-16(8-6-10-25-22(23)24-2)19(30)21-27-15-7-4-5-9-18(15)33-21/h4-5,7,9,14,16-17H,6,8,10-12H2,1-3H3,(H,26,31)(H3,23,24,25)/t14-,16+,17+/m1/s1. The van der Waals surface area contributed by atoms with Gasteiger partial charge in [0.15, 0.2) is 11.0 Å². The maximum atomic E-state index is 13.3. The van der Waals surface area contributed by atoms with E-state index in [1.54, 1.807) is 14.2 Å². The van der Waals surface area contributed by atoms with Crippen molar-refractivity contribution in [3.63, 3.8) is 0 Å². The van der Waals surface area contributed by atoms with Gasteiger partial charge in [-0.1, -0.05) is 12.1 Å². The zero-order valence-corrected chi connectivity index (χ0v) is 19.8. The highest BCUT2D eigenvalue weighted by molar-refractivity contribution is 7.20.